The number of benzene rings is 2. The third-order valence-electron chi connectivity index (χ3n) is 6.54. The maximum Gasteiger partial charge on any atom is 0.160 e. The topological polar surface area (TPSA) is 33.7 Å². The van der Waals surface area contributed by atoms with Crippen LogP contribution in [0.1, 0.15) is 48.6 Å². The number of rotatable bonds is 6. The maximum absolute atomic E-state index is 6.38. The Labute approximate surface area is 179 Å². The fourth-order valence-electron chi connectivity index (χ4n) is 4.83. The summed E-state index contributed by atoms with van der Waals surface area (Å²) >= 11 is 6.38. The molecule has 156 valence electrons. The van der Waals surface area contributed by atoms with Crippen LogP contribution in [0.3, 0.4) is 0 Å². The molecule has 0 aromatic heterocycles. The molecule has 0 spiro atoms. The fourth-order valence-corrected chi connectivity index (χ4v) is 5.08. The summed E-state index contributed by atoms with van der Waals surface area (Å²) in [4.78, 5) is 2.63. The SMILES string of the molecule is COc1ccc(C2CCN(CCC3CCNc4c(Cl)cccc43)CC2)cc1OC. The van der Waals surface area contributed by atoms with Gasteiger partial charge in [-0.1, -0.05) is 29.8 Å². The summed E-state index contributed by atoms with van der Waals surface area (Å²) in [5.74, 6) is 2.84. The van der Waals surface area contributed by atoms with Crippen LogP contribution in [0.25, 0.3) is 0 Å². The molecule has 4 nitrogen and oxygen atoms in total. The number of methoxy groups -OCH3 is 2. The normalized spacial score (nSPS) is 20.0. The molecule has 29 heavy (non-hydrogen) atoms. The van der Waals surface area contributed by atoms with Crippen LogP contribution in [0.4, 0.5) is 5.69 Å². The van der Waals surface area contributed by atoms with Gasteiger partial charge in [-0.05, 0) is 86.5 Å². The largest absolute Gasteiger partial charge is 0.493 e. The summed E-state index contributed by atoms with van der Waals surface area (Å²) in [5, 5.41) is 4.33. The lowest BCUT2D eigenvalue weighted by Crippen LogP contribution is -2.34. The standard InChI is InChI=1S/C24H31ClN2O2/c1-28-22-7-6-19(16-23(22)29-2)17-9-13-27(14-10-17)15-11-18-8-12-26-24-20(18)4-3-5-21(24)25/h3-7,16-18,26H,8-15H2,1-2H3. The Balaban J connectivity index is 1.32. The van der Waals surface area contributed by atoms with Gasteiger partial charge in [-0.2, -0.15) is 0 Å². The molecule has 2 aromatic rings. The number of halogens is 1. The molecule has 0 radical (unpaired) electrons. The van der Waals surface area contributed by atoms with E-state index in [-0.39, 0.29) is 0 Å². The summed E-state index contributed by atoms with van der Waals surface area (Å²) in [6.07, 6.45) is 4.79. The molecule has 0 bridgehead atoms. The Kier molecular flexibility index (Phi) is 6.51. The van der Waals surface area contributed by atoms with Crippen LogP contribution in [0, 0.1) is 0 Å². The molecule has 0 saturated carbocycles. The Hall–Kier alpha value is -1.91. The lowest BCUT2D eigenvalue weighted by atomic mass is 9.87. The van der Waals surface area contributed by atoms with Gasteiger partial charge in [0.05, 0.1) is 24.9 Å². The van der Waals surface area contributed by atoms with E-state index in [1.54, 1.807) is 14.2 Å². The number of para-hydroxylation sites is 1. The minimum Gasteiger partial charge on any atom is -0.493 e. The van der Waals surface area contributed by atoms with Crippen LogP contribution in [0.15, 0.2) is 36.4 Å². The molecule has 5 heteroatoms. The number of hydrogen-bond acceptors (Lipinski definition) is 4. The van der Waals surface area contributed by atoms with Gasteiger partial charge in [-0.3, -0.25) is 0 Å². The number of ether oxygens (including phenoxy) is 2. The zero-order valence-corrected chi connectivity index (χ0v) is 18.2. The van der Waals surface area contributed by atoms with E-state index in [4.69, 9.17) is 21.1 Å². The quantitative estimate of drug-likeness (QED) is 0.674. The van der Waals surface area contributed by atoms with Gasteiger partial charge < -0.3 is 19.7 Å². The van der Waals surface area contributed by atoms with Crippen molar-refractivity contribution in [1.29, 1.82) is 0 Å². The first-order chi connectivity index (χ1) is 14.2. The van der Waals surface area contributed by atoms with Crippen LogP contribution in [0.2, 0.25) is 5.02 Å². The van der Waals surface area contributed by atoms with Gasteiger partial charge >= 0.3 is 0 Å². The van der Waals surface area contributed by atoms with Gasteiger partial charge in [-0.15, -0.1) is 0 Å². The van der Waals surface area contributed by atoms with Gasteiger partial charge in [0.2, 0.25) is 0 Å². The molecule has 1 fully saturated rings. The average Bonchev–Trinajstić information content (AvgIpc) is 2.78. The minimum atomic E-state index is 0.601. The number of hydrogen-bond donors (Lipinski definition) is 1. The second-order valence-electron chi connectivity index (χ2n) is 8.14. The third kappa shape index (κ3) is 4.49. The molecule has 4 rings (SSSR count). The second kappa shape index (κ2) is 9.27. The van der Waals surface area contributed by atoms with Crippen molar-refractivity contribution in [3.8, 4) is 11.5 Å². The molecule has 0 amide bonds. The highest BCUT2D eigenvalue weighted by Gasteiger charge is 2.25. The number of nitrogens with one attached hydrogen (secondary N) is 1. The first kappa shape index (κ1) is 20.4. The van der Waals surface area contributed by atoms with Crippen molar-refractivity contribution in [2.24, 2.45) is 0 Å². The molecule has 2 aliphatic heterocycles. The van der Waals surface area contributed by atoms with Crippen molar-refractivity contribution in [3.05, 3.63) is 52.5 Å². The first-order valence-electron chi connectivity index (χ1n) is 10.7. The summed E-state index contributed by atoms with van der Waals surface area (Å²) in [6.45, 7) is 4.50. The van der Waals surface area contributed by atoms with E-state index in [1.807, 2.05) is 12.1 Å². The maximum atomic E-state index is 6.38. The van der Waals surface area contributed by atoms with Crippen LogP contribution >= 0.6 is 11.6 Å². The fraction of sp³-hybridized carbons (Fsp3) is 0.500. The van der Waals surface area contributed by atoms with Gasteiger partial charge in [-0.25, -0.2) is 0 Å². The van der Waals surface area contributed by atoms with Gasteiger partial charge in [0, 0.05) is 6.54 Å². The molecule has 1 saturated heterocycles. The Bertz CT molecular complexity index is 834. The van der Waals surface area contributed by atoms with Crippen molar-refractivity contribution in [2.45, 2.75) is 37.5 Å². The molecule has 2 aliphatic rings. The minimum absolute atomic E-state index is 0.601. The van der Waals surface area contributed by atoms with Crippen molar-refractivity contribution in [1.82, 2.24) is 4.90 Å². The van der Waals surface area contributed by atoms with Crippen molar-refractivity contribution in [3.63, 3.8) is 0 Å². The van der Waals surface area contributed by atoms with E-state index in [1.165, 1.54) is 36.8 Å². The number of piperidine rings is 1. The molecular formula is C24H31ClN2O2. The second-order valence-corrected chi connectivity index (χ2v) is 8.54. The smallest absolute Gasteiger partial charge is 0.160 e. The highest BCUT2D eigenvalue weighted by atomic mass is 35.5. The van der Waals surface area contributed by atoms with E-state index in [0.29, 0.717) is 11.8 Å². The Morgan fingerprint density at radius 2 is 1.83 bits per heavy atom. The predicted octanol–water partition coefficient (Wildman–Crippen LogP) is 5.53. The molecule has 1 N–H and O–H groups in total. The number of likely N-dealkylation sites (tertiary alicyclic amines) is 1. The summed E-state index contributed by atoms with van der Waals surface area (Å²) in [5.41, 5.74) is 3.91. The molecule has 0 aliphatic carbocycles. The van der Waals surface area contributed by atoms with Crippen LogP contribution in [-0.2, 0) is 0 Å². The summed E-state index contributed by atoms with van der Waals surface area (Å²) in [7, 11) is 3.39. The first-order valence-corrected chi connectivity index (χ1v) is 11.0. The molecule has 2 aromatic carbocycles. The summed E-state index contributed by atoms with van der Waals surface area (Å²) in [6, 6.07) is 12.7. The van der Waals surface area contributed by atoms with E-state index < -0.39 is 0 Å². The van der Waals surface area contributed by atoms with Crippen LogP contribution in [0.5, 0.6) is 11.5 Å². The lowest BCUT2D eigenvalue weighted by Gasteiger charge is -2.34. The van der Waals surface area contributed by atoms with E-state index in [2.05, 4.69) is 34.5 Å². The predicted molar refractivity (Wildman–Crippen MR) is 120 cm³/mol. The molecular weight excluding hydrogens is 384 g/mol. The van der Waals surface area contributed by atoms with Crippen LogP contribution < -0.4 is 14.8 Å². The number of fused-ring (bicyclic) bond motifs is 1. The average molecular weight is 415 g/mol. The number of anilines is 1. The number of nitrogens with zero attached hydrogens (tertiary/aromatic N) is 1. The molecule has 1 atom stereocenters. The van der Waals surface area contributed by atoms with Crippen molar-refractivity contribution >= 4 is 17.3 Å². The highest BCUT2D eigenvalue weighted by molar-refractivity contribution is 6.33. The zero-order valence-electron chi connectivity index (χ0n) is 17.4. The van der Waals surface area contributed by atoms with Gasteiger partial charge in [0.15, 0.2) is 11.5 Å². The Morgan fingerprint density at radius 1 is 1.03 bits per heavy atom. The Morgan fingerprint density at radius 3 is 2.59 bits per heavy atom. The summed E-state index contributed by atoms with van der Waals surface area (Å²) < 4.78 is 10.9. The lowest BCUT2D eigenvalue weighted by molar-refractivity contribution is 0.204. The van der Waals surface area contributed by atoms with Gasteiger partial charge in [0.25, 0.3) is 0 Å². The molecule has 2 heterocycles. The van der Waals surface area contributed by atoms with Crippen LogP contribution in [-0.4, -0.2) is 45.3 Å². The van der Waals surface area contributed by atoms with E-state index in [0.717, 1.165) is 48.4 Å². The van der Waals surface area contributed by atoms with E-state index >= 15 is 0 Å². The van der Waals surface area contributed by atoms with Crippen molar-refractivity contribution in [2.75, 3.05) is 45.7 Å². The monoisotopic (exact) mass is 414 g/mol. The van der Waals surface area contributed by atoms with E-state index in [9.17, 15) is 0 Å². The zero-order chi connectivity index (χ0) is 20.2. The molecule has 1 unspecified atom stereocenters. The van der Waals surface area contributed by atoms with Crippen molar-refractivity contribution < 1.29 is 9.47 Å². The highest BCUT2D eigenvalue weighted by Crippen LogP contribution is 2.39. The third-order valence-corrected chi connectivity index (χ3v) is 6.86. The van der Waals surface area contributed by atoms with Gasteiger partial charge in [0.1, 0.15) is 0 Å².